The van der Waals surface area contributed by atoms with Crippen molar-refractivity contribution in [2.75, 3.05) is 0 Å². The van der Waals surface area contributed by atoms with Crippen molar-refractivity contribution in [1.29, 1.82) is 0 Å². The Morgan fingerprint density at radius 1 is 1.43 bits per heavy atom. The molecule has 1 aromatic heterocycles. The maximum atomic E-state index is 6.08. The van der Waals surface area contributed by atoms with E-state index in [1.807, 2.05) is 20.8 Å². The molecular formula is C10H17ClN2O. The van der Waals surface area contributed by atoms with Gasteiger partial charge in [-0.2, -0.15) is 4.98 Å². The fourth-order valence-electron chi connectivity index (χ4n) is 1.05. The molecule has 0 fully saturated rings. The van der Waals surface area contributed by atoms with Gasteiger partial charge < -0.3 is 4.52 Å². The summed E-state index contributed by atoms with van der Waals surface area (Å²) in [6.45, 7) is 8.19. The van der Waals surface area contributed by atoms with Crippen molar-refractivity contribution in [2.45, 2.75) is 51.3 Å². The maximum absolute atomic E-state index is 6.08. The third kappa shape index (κ3) is 2.71. The number of rotatable bonds is 3. The lowest BCUT2D eigenvalue weighted by Gasteiger charge is -2.10. The summed E-state index contributed by atoms with van der Waals surface area (Å²) in [5, 5.41) is 3.76. The van der Waals surface area contributed by atoms with Gasteiger partial charge in [0.2, 0.25) is 5.89 Å². The molecule has 4 heteroatoms. The second-order valence-electron chi connectivity index (χ2n) is 4.46. The van der Waals surface area contributed by atoms with E-state index in [1.54, 1.807) is 0 Å². The average molecular weight is 217 g/mol. The topological polar surface area (TPSA) is 38.9 Å². The van der Waals surface area contributed by atoms with Crippen LogP contribution in [0.15, 0.2) is 4.52 Å². The monoisotopic (exact) mass is 216 g/mol. The van der Waals surface area contributed by atoms with Gasteiger partial charge in [-0.3, -0.25) is 0 Å². The predicted octanol–water partition coefficient (Wildman–Crippen LogP) is 3.45. The minimum atomic E-state index is -0.125. The number of halogens is 1. The maximum Gasteiger partial charge on any atom is 0.232 e. The smallest absolute Gasteiger partial charge is 0.232 e. The first kappa shape index (κ1) is 11.5. The lowest BCUT2D eigenvalue weighted by Crippen LogP contribution is -2.11. The van der Waals surface area contributed by atoms with Gasteiger partial charge in [0.25, 0.3) is 0 Å². The minimum Gasteiger partial charge on any atom is -0.339 e. The van der Waals surface area contributed by atoms with Crippen LogP contribution >= 0.6 is 11.6 Å². The molecule has 0 amide bonds. The Morgan fingerprint density at radius 3 is 2.50 bits per heavy atom. The molecule has 0 aliphatic rings. The van der Waals surface area contributed by atoms with Crippen molar-refractivity contribution in [3.05, 3.63) is 11.7 Å². The van der Waals surface area contributed by atoms with Crippen LogP contribution in [0.25, 0.3) is 0 Å². The number of hydrogen-bond donors (Lipinski definition) is 0. The highest BCUT2D eigenvalue weighted by Crippen LogP contribution is 2.26. The van der Waals surface area contributed by atoms with E-state index in [-0.39, 0.29) is 10.8 Å². The lowest BCUT2D eigenvalue weighted by molar-refractivity contribution is 0.318. The van der Waals surface area contributed by atoms with E-state index in [4.69, 9.17) is 16.1 Å². The summed E-state index contributed by atoms with van der Waals surface area (Å²) in [6, 6.07) is 0. The Labute approximate surface area is 89.8 Å². The summed E-state index contributed by atoms with van der Waals surface area (Å²) in [4.78, 5) is 4.29. The summed E-state index contributed by atoms with van der Waals surface area (Å²) >= 11 is 6.08. The normalized spacial score (nSPS) is 14.4. The molecule has 1 atom stereocenters. The van der Waals surface area contributed by atoms with E-state index >= 15 is 0 Å². The molecule has 14 heavy (non-hydrogen) atoms. The molecule has 3 nitrogen and oxygen atoms in total. The lowest BCUT2D eigenvalue weighted by atomic mass is 9.97. The third-order valence-corrected chi connectivity index (χ3v) is 2.32. The van der Waals surface area contributed by atoms with E-state index < -0.39 is 0 Å². The average Bonchev–Trinajstić information content (AvgIpc) is 2.51. The summed E-state index contributed by atoms with van der Waals surface area (Å²) in [5.74, 6) is 1.26. The number of aromatic nitrogens is 2. The SMILES string of the molecule is CCCC(Cl)c1noc(C(C)(C)C)n1. The van der Waals surface area contributed by atoms with Crippen LogP contribution < -0.4 is 0 Å². The Balaban J connectivity index is 2.78. The van der Waals surface area contributed by atoms with E-state index in [0.717, 1.165) is 12.8 Å². The van der Waals surface area contributed by atoms with Crippen molar-refractivity contribution in [1.82, 2.24) is 10.1 Å². The van der Waals surface area contributed by atoms with E-state index in [2.05, 4.69) is 17.1 Å². The molecule has 0 saturated carbocycles. The molecule has 0 saturated heterocycles. The molecule has 1 unspecified atom stereocenters. The second kappa shape index (κ2) is 4.30. The minimum absolute atomic E-state index is 0.103. The quantitative estimate of drug-likeness (QED) is 0.727. The van der Waals surface area contributed by atoms with Gasteiger partial charge in [-0.15, -0.1) is 11.6 Å². The van der Waals surface area contributed by atoms with Crippen LogP contribution in [0, 0.1) is 0 Å². The van der Waals surface area contributed by atoms with Gasteiger partial charge in [0.15, 0.2) is 5.82 Å². The Hall–Kier alpha value is -0.570. The predicted molar refractivity (Wildman–Crippen MR) is 56.5 cm³/mol. The highest BCUT2D eigenvalue weighted by molar-refractivity contribution is 6.20. The van der Waals surface area contributed by atoms with E-state index in [0.29, 0.717) is 11.7 Å². The van der Waals surface area contributed by atoms with Crippen LogP contribution in [0.4, 0.5) is 0 Å². The van der Waals surface area contributed by atoms with Crippen LogP contribution in [0.1, 0.15) is 57.6 Å². The number of nitrogens with zero attached hydrogens (tertiary/aromatic N) is 2. The van der Waals surface area contributed by atoms with Crippen LogP contribution in [-0.2, 0) is 5.41 Å². The highest BCUT2D eigenvalue weighted by Gasteiger charge is 2.23. The summed E-state index contributed by atoms with van der Waals surface area (Å²) in [6.07, 6.45) is 1.90. The molecule has 1 aromatic rings. The van der Waals surface area contributed by atoms with Crippen molar-refractivity contribution in [3.63, 3.8) is 0 Å². The largest absolute Gasteiger partial charge is 0.339 e. The summed E-state index contributed by atoms with van der Waals surface area (Å²) in [7, 11) is 0. The van der Waals surface area contributed by atoms with Crippen LogP contribution in [0.3, 0.4) is 0 Å². The van der Waals surface area contributed by atoms with Crippen molar-refractivity contribution < 1.29 is 4.52 Å². The van der Waals surface area contributed by atoms with E-state index in [1.165, 1.54) is 0 Å². The molecular weight excluding hydrogens is 200 g/mol. The molecule has 0 N–H and O–H groups in total. The molecule has 0 spiro atoms. The van der Waals surface area contributed by atoms with Crippen LogP contribution in [0.5, 0.6) is 0 Å². The molecule has 0 bridgehead atoms. The molecule has 0 aliphatic heterocycles. The fraction of sp³-hybridized carbons (Fsp3) is 0.800. The zero-order valence-electron chi connectivity index (χ0n) is 9.17. The Kier molecular flexibility index (Phi) is 3.53. The summed E-state index contributed by atoms with van der Waals surface area (Å²) in [5.41, 5.74) is -0.103. The standard InChI is InChI=1S/C10H17ClN2O/c1-5-6-7(11)8-12-9(14-13-8)10(2,3)4/h7H,5-6H2,1-4H3. The van der Waals surface area contributed by atoms with Gasteiger partial charge in [0.05, 0.1) is 5.38 Å². The molecule has 0 radical (unpaired) electrons. The van der Waals surface area contributed by atoms with Gasteiger partial charge in [-0.05, 0) is 6.42 Å². The second-order valence-corrected chi connectivity index (χ2v) is 4.99. The van der Waals surface area contributed by atoms with Crippen molar-refractivity contribution in [2.24, 2.45) is 0 Å². The van der Waals surface area contributed by atoms with Crippen molar-refractivity contribution >= 4 is 11.6 Å². The van der Waals surface area contributed by atoms with E-state index in [9.17, 15) is 0 Å². The zero-order valence-corrected chi connectivity index (χ0v) is 9.93. The highest BCUT2D eigenvalue weighted by atomic mass is 35.5. The first-order valence-electron chi connectivity index (χ1n) is 4.93. The first-order chi connectivity index (χ1) is 6.45. The number of hydrogen-bond acceptors (Lipinski definition) is 3. The third-order valence-electron chi connectivity index (χ3n) is 1.91. The van der Waals surface area contributed by atoms with Gasteiger partial charge in [0, 0.05) is 5.41 Å². The van der Waals surface area contributed by atoms with Crippen molar-refractivity contribution in [3.8, 4) is 0 Å². The van der Waals surface area contributed by atoms with Gasteiger partial charge in [-0.25, -0.2) is 0 Å². The van der Waals surface area contributed by atoms with Crippen LogP contribution in [0.2, 0.25) is 0 Å². The zero-order chi connectivity index (χ0) is 10.8. The molecule has 1 rings (SSSR count). The van der Waals surface area contributed by atoms with Gasteiger partial charge in [0.1, 0.15) is 0 Å². The molecule has 1 heterocycles. The molecule has 80 valence electrons. The van der Waals surface area contributed by atoms with Gasteiger partial charge in [-0.1, -0.05) is 39.3 Å². The number of alkyl halides is 1. The molecule has 0 aliphatic carbocycles. The fourth-order valence-corrected chi connectivity index (χ4v) is 1.36. The van der Waals surface area contributed by atoms with Crippen LogP contribution in [-0.4, -0.2) is 10.1 Å². The summed E-state index contributed by atoms with van der Waals surface area (Å²) < 4.78 is 5.15. The molecule has 0 aromatic carbocycles. The first-order valence-corrected chi connectivity index (χ1v) is 5.37. The van der Waals surface area contributed by atoms with Gasteiger partial charge >= 0.3 is 0 Å². The Bertz CT molecular complexity index is 291. The Morgan fingerprint density at radius 2 is 2.07 bits per heavy atom.